The molecule has 0 amide bonds. The number of nitrogens with zero attached hydrogens (tertiary/aromatic N) is 6. The zero-order valence-corrected chi connectivity index (χ0v) is 16.7. The number of piperazine rings is 1. The fourth-order valence-corrected chi connectivity index (χ4v) is 5.06. The number of hydrogen-bond acceptors (Lipinski definition) is 6. The van der Waals surface area contributed by atoms with Gasteiger partial charge >= 0.3 is 0 Å². The molecule has 1 fully saturated rings. The summed E-state index contributed by atoms with van der Waals surface area (Å²) in [6.45, 7) is 5.78. The number of rotatable bonds is 4. The Hall–Kier alpha value is -2.78. The molecule has 1 saturated heterocycles. The zero-order chi connectivity index (χ0) is 19.7. The number of hydrogen-bond donors (Lipinski definition) is 0. The SMILES string of the molecule is Cc1ccc(S(=O)(=O)N2CCN(c3cc(-n4ccnc4)ncn3)CC2)c(C)c1. The van der Waals surface area contributed by atoms with E-state index in [9.17, 15) is 8.42 Å². The maximum Gasteiger partial charge on any atom is 0.243 e. The van der Waals surface area contributed by atoms with Crippen molar-refractivity contribution in [1.29, 1.82) is 0 Å². The van der Waals surface area contributed by atoms with Crippen LogP contribution in [0, 0.1) is 13.8 Å². The molecule has 1 aliphatic heterocycles. The molecule has 3 aromatic rings. The van der Waals surface area contributed by atoms with Crippen LogP contribution in [-0.4, -0.2) is 58.4 Å². The van der Waals surface area contributed by atoms with Gasteiger partial charge in [0.25, 0.3) is 0 Å². The normalized spacial score (nSPS) is 15.7. The van der Waals surface area contributed by atoms with E-state index in [-0.39, 0.29) is 0 Å². The van der Waals surface area contributed by atoms with Gasteiger partial charge in [0.15, 0.2) is 0 Å². The summed E-state index contributed by atoms with van der Waals surface area (Å²) in [5.74, 6) is 1.51. The molecule has 0 bridgehead atoms. The summed E-state index contributed by atoms with van der Waals surface area (Å²) in [7, 11) is -3.50. The lowest BCUT2D eigenvalue weighted by atomic mass is 10.2. The average molecular weight is 398 g/mol. The van der Waals surface area contributed by atoms with Crippen LogP contribution in [0.5, 0.6) is 0 Å². The summed E-state index contributed by atoms with van der Waals surface area (Å²) in [5, 5.41) is 0. The molecule has 0 spiro atoms. The molecule has 2 aromatic heterocycles. The van der Waals surface area contributed by atoms with Crippen LogP contribution in [0.4, 0.5) is 5.82 Å². The van der Waals surface area contributed by atoms with Gasteiger partial charge in [-0.05, 0) is 25.5 Å². The first-order valence-electron chi connectivity index (χ1n) is 9.08. The average Bonchev–Trinajstić information content (AvgIpc) is 3.23. The van der Waals surface area contributed by atoms with Crippen molar-refractivity contribution in [3.8, 4) is 5.82 Å². The third-order valence-electron chi connectivity index (χ3n) is 4.92. The lowest BCUT2D eigenvalue weighted by Gasteiger charge is -2.35. The van der Waals surface area contributed by atoms with E-state index in [0.717, 1.165) is 22.8 Å². The lowest BCUT2D eigenvalue weighted by molar-refractivity contribution is 0.383. The Morgan fingerprint density at radius 2 is 1.71 bits per heavy atom. The molecule has 1 aliphatic rings. The minimum Gasteiger partial charge on any atom is -0.354 e. The maximum atomic E-state index is 13.0. The van der Waals surface area contributed by atoms with Crippen LogP contribution in [0.3, 0.4) is 0 Å². The van der Waals surface area contributed by atoms with E-state index in [4.69, 9.17) is 0 Å². The molecule has 0 unspecified atom stereocenters. The molecular formula is C19H22N6O2S. The van der Waals surface area contributed by atoms with E-state index in [1.165, 1.54) is 6.33 Å². The maximum absolute atomic E-state index is 13.0. The Morgan fingerprint density at radius 1 is 0.964 bits per heavy atom. The smallest absolute Gasteiger partial charge is 0.243 e. The van der Waals surface area contributed by atoms with Gasteiger partial charge in [0.2, 0.25) is 10.0 Å². The predicted molar refractivity (Wildman–Crippen MR) is 106 cm³/mol. The van der Waals surface area contributed by atoms with E-state index in [2.05, 4.69) is 19.9 Å². The molecule has 4 rings (SSSR count). The molecule has 0 aliphatic carbocycles. The van der Waals surface area contributed by atoms with Crippen molar-refractivity contribution < 1.29 is 8.42 Å². The third-order valence-corrected chi connectivity index (χ3v) is 6.98. The molecule has 28 heavy (non-hydrogen) atoms. The molecule has 8 nitrogen and oxygen atoms in total. The van der Waals surface area contributed by atoms with Crippen molar-refractivity contribution >= 4 is 15.8 Å². The fourth-order valence-electron chi connectivity index (χ4n) is 3.43. The standard InChI is InChI=1S/C19H22N6O2S/c1-15-3-4-17(16(2)11-15)28(26,27)25-9-7-23(8-10-25)18-12-19(22-13-21-18)24-6-5-20-14-24/h3-6,11-14H,7-10H2,1-2H3. The minimum absolute atomic E-state index is 0.385. The summed E-state index contributed by atoms with van der Waals surface area (Å²) >= 11 is 0. The summed E-state index contributed by atoms with van der Waals surface area (Å²) in [4.78, 5) is 15.1. The number of aryl methyl sites for hydroxylation is 2. The monoisotopic (exact) mass is 398 g/mol. The van der Waals surface area contributed by atoms with Gasteiger partial charge in [-0.25, -0.2) is 23.4 Å². The van der Waals surface area contributed by atoms with Crippen molar-refractivity contribution in [2.45, 2.75) is 18.7 Å². The van der Waals surface area contributed by atoms with Gasteiger partial charge in [-0.3, -0.25) is 4.57 Å². The number of benzene rings is 1. The summed E-state index contributed by atoms with van der Waals surface area (Å²) in [5.41, 5.74) is 1.84. The van der Waals surface area contributed by atoms with Crippen molar-refractivity contribution in [2.24, 2.45) is 0 Å². The molecule has 0 atom stereocenters. The summed E-state index contributed by atoms with van der Waals surface area (Å²) in [6.07, 6.45) is 6.71. The second-order valence-corrected chi connectivity index (χ2v) is 8.77. The van der Waals surface area contributed by atoms with E-state index in [1.807, 2.05) is 42.8 Å². The van der Waals surface area contributed by atoms with Crippen LogP contribution >= 0.6 is 0 Å². The number of anilines is 1. The quantitative estimate of drug-likeness (QED) is 0.666. The van der Waals surface area contributed by atoms with Gasteiger partial charge in [0.05, 0.1) is 4.90 Å². The van der Waals surface area contributed by atoms with Crippen LogP contribution in [0.15, 0.2) is 54.2 Å². The van der Waals surface area contributed by atoms with Gasteiger partial charge in [0.1, 0.15) is 24.3 Å². The molecule has 3 heterocycles. The van der Waals surface area contributed by atoms with Gasteiger partial charge < -0.3 is 4.90 Å². The van der Waals surface area contributed by atoms with Crippen LogP contribution < -0.4 is 4.90 Å². The summed E-state index contributed by atoms with van der Waals surface area (Å²) in [6, 6.07) is 7.33. The predicted octanol–water partition coefficient (Wildman–Crippen LogP) is 1.79. The Morgan fingerprint density at radius 3 is 2.39 bits per heavy atom. The van der Waals surface area contributed by atoms with Gasteiger partial charge in [-0.1, -0.05) is 17.7 Å². The number of imidazole rings is 1. The van der Waals surface area contributed by atoms with Crippen LogP contribution in [0.2, 0.25) is 0 Å². The molecule has 0 radical (unpaired) electrons. The van der Waals surface area contributed by atoms with Crippen LogP contribution in [0.1, 0.15) is 11.1 Å². The van der Waals surface area contributed by atoms with E-state index >= 15 is 0 Å². The highest BCUT2D eigenvalue weighted by molar-refractivity contribution is 7.89. The first-order valence-corrected chi connectivity index (χ1v) is 10.5. The lowest BCUT2D eigenvalue weighted by Crippen LogP contribution is -2.49. The third kappa shape index (κ3) is 3.50. The first-order chi connectivity index (χ1) is 13.4. The molecule has 1 aromatic carbocycles. The number of aromatic nitrogens is 4. The Balaban J connectivity index is 1.50. The zero-order valence-electron chi connectivity index (χ0n) is 15.9. The second kappa shape index (κ2) is 7.33. The van der Waals surface area contributed by atoms with E-state index in [1.54, 1.807) is 22.9 Å². The molecular weight excluding hydrogens is 376 g/mol. The molecule has 146 valence electrons. The Bertz CT molecular complexity index is 1070. The highest BCUT2D eigenvalue weighted by Gasteiger charge is 2.30. The van der Waals surface area contributed by atoms with Crippen LogP contribution in [0.25, 0.3) is 5.82 Å². The first kappa shape index (κ1) is 18.6. The Kier molecular flexibility index (Phi) is 4.86. The Labute approximate surface area is 164 Å². The molecule has 0 N–H and O–H groups in total. The fraction of sp³-hybridized carbons (Fsp3) is 0.316. The second-order valence-electron chi connectivity index (χ2n) is 6.86. The minimum atomic E-state index is -3.50. The van der Waals surface area contributed by atoms with Crippen molar-refractivity contribution in [2.75, 3.05) is 31.1 Å². The van der Waals surface area contributed by atoms with Crippen molar-refractivity contribution in [3.05, 3.63) is 60.4 Å². The van der Waals surface area contributed by atoms with Crippen molar-refractivity contribution in [3.63, 3.8) is 0 Å². The van der Waals surface area contributed by atoms with E-state index in [0.29, 0.717) is 31.1 Å². The van der Waals surface area contributed by atoms with Gasteiger partial charge in [-0.15, -0.1) is 0 Å². The largest absolute Gasteiger partial charge is 0.354 e. The van der Waals surface area contributed by atoms with Gasteiger partial charge in [0, 0.05) is 44.6 Å². The van der Waals surface area contributed by atoms with Crippen molar-refractivity contribution in [1.82, 2.24) is 23.8 Å². The molecule has 9 heteroatoms. The highest BCUT2D eigenvalue weighted by Crippen LogP contribution is 2.23. The molecule has 0 saturated carbocycles. The topological polar surface area (TPSA) is 84.2 Å². The highest BCUT2D eigenvalue weighted by atomic mass is 32.2. The van der Waals surface area contributed by atoms with E-state index < -0.39 is 10.0 Å². The number of sulfonamides is 1. The van der Waals surface area contributed by atoms with Crippen LogP contribution in [-0.2, 0) is 10.0 Å². The van der Waals surface area contributed by atoms with Gasteiger partial charge in [-0.2, -0.15) is 4.31 Å². The summed E-state index contributed by atoms with van der Waals surface area (Å²) < 4.78 is 29.5.